The molecule has 0 atom stereocenters. The van der Waals surface area contributed by atoms with Crippen molar-refractivity contribution in [2.24, 2.45) is 5.92 Å². The fourth-order valence-corrected chi connectivity index (χ4v) is 2.93. The van der Waals surface area contributed by atoms with Crippen molar-refractivity contribution in [3.05, 3.63) is 34.9 Å². The molecule has 1 saturated heterocycles. The Morgan fingerprint density at radius 3 is 2.68 bits per heavy atom. The molecule has 114 valence electrons. The van der Waals surface area contributed by atoms with E-state index in [1.165, 1.54) is 29.9 Å². The summed E-state index contributed by atoms with van der Waals surface area (Å²) in [4.78, 5) is 39.0. The number of hydrogen-bond acceptors (Lipinski definition) is 6. The average molecular weight is 317 g/mol. The molecule has 1 aliphatic rings. The molecule has 2 amide bonds. The van der Waals surface area contributed by atoms with Gasteiger partial charge in [0.15, 0.2) is 5.13 Å². The second-order valence-electron chi connectivity index (χ2n) is 5.15. The van der Waals surface area contributed by atoms with E-state index in [9.17, 15) is 9.59 Å². The van der Waals surface area contributed by atoms with Gasteiger partial charge in [0.25, 0.3) is 5.91 Å². The Morgan fingerprint density at radius 1 is 1.32 bits per heavy atom. The molecule has 3 rings (SSSR count). The van der Waals surface area contributed by atoms with E-state index in [4.69, 9.17) is 0 Å². The molecule has 0 bridgehead atoms. The maximum Gasteiger partial charge on any atom is 0.274 e. The SMILES string of the molecule is Cc1nc(NC(=O)C2CN(C(=O)c3cnccn3)C2)sc1C. The van der Waals surface area contributed by atoms with Gasteiger partial charge >= 0.3 is 0 Å². The molecule has 0 unspecified atom stereocenters. The summed E-state index contributed by atoms with van der Waals surface area (Å²) < 4.78 is 0. The van der Waals surface area contributed by atoms with E-state index in [1.54, 1.807) is 4.90 Å². The Balaban J connectivity index is 1.54. The number of aromatic nitrogens is 3. The summed E-state index contributed by atoms with van der Waals surface area (Å²) in [5.41, 5.74) is 1.22. The lowest BCUT2D eigenvalue weighted by atomic mass is 9.99. The van der Waals surface area contributed by atoms with E-state index < -0.39 is 0 Å². The van der Waals surface area contributed by atoms with Crippen LogP contribution in [0.15, 0.2) is 18.6 Å². The number of thiazole rings is 1. The van der Waals surface area contributed by atoms with Crippen LogP contribution in [0.5, 0.6) is 0 Å². The molecule has 1 fully saturated rings. The third-order valence-corrected chi connectivity index (χ3v) is 4.57. The van der Waals surface area contributed by atoms with Crippen LogP contribution < -0.4 is 5.32 Å². The Labute approximate surface area is 131 Å². The molecule has 0 radical (unpaired) electrons. The fraction of sp³-hybridized carbons (Fsp3) is 0.357. The van der Waals surface area contributed by atoms with Gasteiger partial charge in [-0.1, -0.05) is 0 Å². The average Bonchev–Trinajstić information content (AvgIpc) is 2.76. The highest BCUT2D eigenvalue weighted by molar-refractivity contribution is 7.15. The van der Waals surface area contributed by atoms with Gasteiger partial charge in [0.1, 0.15) is 5.69 Å². The van der Waals surface area contributed by atoms with E-state index in [-0.39, 0.29) is 17.7 Å². The first-order chi connectivity index (χ1) is 10.5. The van der Waals surface area contributed by atoms with Crippen molar-refractivity contribution in [2.75, 3.05) is 18.4 Å². The Hall–Kier alpha value is -2.35. The van der Waals surface area contributed by atoms with E-state index >= 15 is 0 Å². The first-order valence-corrected chi connectivity index (χ1v) is 7.66. The number of anilines is 1. The molecule has 8 heteroatoms. The summed E-state index contributed by atoms with van der Waals surface area (Å²) in [6.45, 7) is 4.66. The highest BCUT2D eigenvalue weighted by Gasteiger charge is 2.36. The van der Waals surface area contributed by atoms with Gasteiger partial charge in [-0.25, -0.2) is 9.97 Å². The molecular formula is C14H15N5O2S. The van der Waals surface area contributed by atoms with Crippen LogP contribution in [0, 0.1) is 19.8 Å². The zero-order valence-electron chi connectivity index (χ0n) is 12.2. The minimum absolute atomic E-state index is 0.100. The van der Waals surface area contributed by atoms with Crippen LogP contribution in [0.25, 0.3) is 0 Å². The molecule has 22 heavy (non-hydrogen) atoms. The van der Waals surface area contributed by atoms with Gasteiger partial charge in [-0.05, 0) is 13.8 Å². The standard InChI is InChI=1S/C14H15N5O2S/c1-8-9(2)22-14(17-8)18-12(20)10-6-19(7-10)13(21)11-5-15-3-4-16-11/h3-5,10H,6-7H2,1-2H3,(H,17,18,20). The highest BCUT2D eigenvalue weighted by atomic mass is 32.1. The lowest BCUT2D eigenvalue weighted by Gasteiger charge is -2.37. The highest BCUT2D eigenvalue weighted by Crippen LogP contribution is 2.24. The lowest BCUT2D eigenvalue weighted by Crippen LogP contribution is -2.54. The van der Waals surface area contributed by atoms with Gasteiger partial charge < -0.3 is 10.2 Å². The third-order valence-electron chi connectivity index (χ3n) is 3.58. The lowest BCUT2D eigenvalue weighted by molar-refractivity contribution is -0.123. The summed E-state index contributed by atoms with van der Waals surface area (Å²) in [5, 5.41) is 3.42. The van der Waals surface area contributed by atoms with E-state index in [1.807, 2.05) is 13.8 Å². The number of nitrogens with one attached hydrogen (secondary N) is 1. The summed E-state index contributed by atoms with van der Waals surface area (Å²) in [6, 6.07) is 0. The summed E-state index contributed by atoms with van der Waals surface area (Å²) in [7, 11) is 0. The molecular weight excluding hydrogens is 302 g/mol. The first kappa shape index (κ1) is 14.6. The number of hydrogen-bond donors (Lipinski definition) is 1. The van der Waals surface area contributed by atoms with Crippen molar-refractivity contribution in [3.8, 4) is 0 Å². The number of aryl methyl sites for hydroxylation is 2. The summed E-state index contributed by atoms with van der Waals surface area (Å²) >= 11 is 1.46. The van der Waals surface area contributed by atoms with E-state index in [0.29, 0.717) is 23.9 Å². The fourth-order valence-electron chi connectivity index (χ4n) is 2.12. The minimum Gasteiger partial charge on any atom is -0.336 e. The Morgan fingerprint density at radius 2 is 2.09 bits per heavy atom. The number of carbonyl (C=O) groups is 2. The number of carbonyl (C=O) groups excluding carboxylic acids is 2. The molecule has 2 aromatic heterocycles. The van der Waals surface area contributed by atoms with Crippen LogP contribution in [0.1, 0.15) is 21.1 Å². The van der Waals surface area contributed by atoms with Crippen LogP contribution in [0.4, 0.5) is 5.13 Å². The smallest absolute Gasteiger partial charge is 0.274 e. The predicted molar refractivity (Wildman–Crippen MR) is 81.6 cm³/mol. The maximum atomic E-state index is 12.1. The Bertz CT molecular complexity index is 690. The molecule has 0 aliphatic carbocycles. The number of rotatable bonds is 3. The van der Waals surface area contributed by atoms with Crippen LogP contribution in [-0.2, 0) is 4.79 Å². The van der Waals surface area contributed by atoms with Gasteiger partial charge in [0, 0.05) is 30.4 Å². The molecule has 0 spiro atoms. The molecule has 0 saturated carbocycles. The van der Waals surface area contributed by atoms with Gasteiger partial charge in [-0.15, -0.1) is 11.3 Å². The van der Waals surface area contributed by atoms with E-state index in [2.05, 4.69) is 20.3 Å². The van der Waals surface area contributed by atoms with Crippen molar-refractivity contribution in [3.63, 3.8) is 0 Å². The first-order valence-electron chi connectivity index (χ1n) is 6.85. The quantitative estimate of drug-likeness (QED) is 0.921. The molecule has 1 N–H and O–H groups in total. The van der Waals surface area contributed by atoms with Crippen LogP contribution >= 0.6 is 11.3 Å². The van der Waals surface area contributed by atoms with Gasteiger partial charge in [0.2, 0.25) is 5.91 Å². The summed E-state index contributed by atoms with van der Waals surface area (Å²) in [5.74, 6) is -0.500. The van der Waals surface area contributed by atoms with Crippen molar-refractivity contribution in [1.82, 2.24) is 19.9 Å². The minimum atomic E-state index is -0.204. The second kappa shape index (κ2) is 5.80. The summed E-state index contributed by atoms with van der Waals surface area (Å²) in [6.07, 6.45) is 4.42. The van der Waals surface area contributed by atoms with Gasteiger partial charge in [0.05, 0.1) is 17.8 Å². The molecule has 1 aliphatic heterocycles. The maximum absolute atomic E-state index is 12.1. The number of likely N-dealkylation sites (tertiary alicyclic amines) is 1. The second-order valence-corrected chi connectivity index (χ2v) is 6.35. The number of amides is 2. The van der Waals surface area contributed by atoms with Crippen molar-refractivity contribution in [2.45, 2.75) is 13.8 Å². The molecule has 2 aromatic rings. The normalized spacial score (nSPS) is 14.5. The van der Waals surface area contributed by atoms with Crippen molar-refractivity contribution in [1.29, 1.82) is 0 Å². The van der Waals surface area contributed by atoms with Crippen LogP contribution in [-0.4, -0.2) is 44.8 Å². The van der Waals surface area contributed by atoms with Crippen molar-refractivity contribution < 1.29 is 9.59 Å². The van der Waals surface area contributed by atoms with Gasteiger partial charge in [-0.2, -0.15) is 0 Å². The molecule has 3 heterocycles. The van der Waals surface area contributed by atoms with Crippen LogP contribution in [0.3, 0.4) is 0 Å². The molecule has 0 aromatic carbocycles. The monoisotopic (exact) mass is 317 g/mol. The van der Waals surface area contributed by atoms with Crippen molar-refractivity contribution >= 4 is 28.3 Å². The largest absolute Gasteiger partial charge is 0.336 e. The van der Waals surface area contributed by atoms with Gasteiger partial charge in [-0.3, -0.25) is 14.6 Å². The number of nitrogens with zero attached hydrogens (tertiary/aromatic N) is 4. The Kier molecular flexibility index (Phi) is 3.84. The predicted octanol–water partition coefficient (Wildman–Crippen LogP) is 1.26. The zero-order valence-corrected chi connectivity index (χ0v) is 13.1. The molecule has 7 nitrogen and oxygen atoms in total. The van der Waals surface area contributed by atoms with Crippen LogP contribution in [0.2, 0.25) is 0 Å². The zero-order chi connectivity index (χ0) is 15.7. The topological polar surface area (TPSA) is 88.1 Å². The third kappa shape index (κ3) is 2.82. The van der Waals surface area contributed by atoms with E-state index in [0.717, 1.165) is 10.6 Å².